The van der Waals surface area contributed by atoms with Gasteiger partial charge >= 0.3 is 0 Å². The Kier molecular flexibility index (Phi) is 3.77. The molecule has 18 heavy (non-hydrogen) atoms. The summed E-state index contributed by atoms with van der Waals surface area (Å²) in [5, 5.41) is 0. The Hall–Kier alpha value is -1.68. The fourth-order valence-electron chi connectivity index (χ4n) is 2.50. The van der Waals surface area contributed by atoms with E-state index in [2.05, 4.69) is 0 Å². The maximum atomic E-state index is 5.61. The van der Waals surface area contributed by atoms with Crippen LogP contribution >= 0.6 is 0 Å². The topological polar surface area (TPSA) is 53.7 Å². The minimum Gasteiger partial charge on any atom is -0.493 e. The normalized spacial score (nSPS) is 15.7. The lowest BCUT2D eigenvalue weighted by molar-refractivity contribution is 0.323. The van der Waals surface area contributed by atoms with Crippen molar-refractivity contribution in [3.63, 3.8) is 0 Å². The fraction of sp³-hybridized carbons (Fsp3) is 0.429. The van der Waals surface area contributed by atoms with E-state index in [0.29, 0.717) is 18.0 Å². The van der Waals surface area contributed by atoms with Crippen LogP contribution in [-0.4, -0.2) is 27.9 Å². The van der Waals surface area contributed by atoms with Crippen LogP contribution in [0, 0.1) is 0 Å². The quantitative estimate of drug-likeness (QED) is 0.886. The summed E-state index contributed by atoms with van der Waals surface area (Å²) >= 11 is 0. The lowest BCUT2D eigenvalue weighted by Gasteiger charge is -2.16. The highest BCUT2D eigenvalue weighted by atomic mass is 16.5. The maximum absolute atomic E-state index is 5.61. The summed E-state index contributed by atoms with van der Waals surface area (Å²) in [5.41, 5.74) is 9.18. The van der Waals surface area contributed by atoms with Crippen molar-refractivity contribution in [3.8, 4) is 17.2 Å². The molecule has 1 aliphatic rings. The summed E-state index contributed by atoms with van der Waals surface area (Å²) < 4.78 is 16.3. The van der Waals surface area contributed by atoms with Crippen molar-refractivity contribution in [2.75, 3.05) is 27.9 Å². The third-order valence-corrected chi connectivity index (χ3v) is 3.26. The van der Waals surface area contributed by atoms with Gasteiger partial charge in [0.15, 0.2) is 11.5 Å². The van der Waals surface area contributed by atoms with Crippen LogP contribution in [0.5, 0.6) is 17.2 Å². The second-order valence-corrected chi connectivity index (χ2v) is 4.14. The van der Waals surface area contributed by atoms with Crippen molar-refractivity contribution < 1.29 is 14.2 Å². The van der Waals surface area contributed by atoms with Crippen LogP contribution in [0.2, 0.25) is 0 Å². The van der Waals surface area contributed by atoms with Gasteiger partial charge in [0.05, 0.1) is 21.3 Å². The van der Waals surface area contributed by atoms with Crippen molar-refractivity contribution in [2.45, 2.75) is 12.8 Å². The number of nitrogens with two attached hydrogens (primary N) is 1. The van der Waals surface area contributed by atoms with Crippen molar-refractivity contribution in [3.05, 3.63) is 23.3 Å². The van der Waals surface area contributed by atoms with E-state index in [9.17, 15) is 0 Å². The monoisotopic (exact) mass is 249 g/mol. The molecular weight excluding hydrogens is 230 g/mol. The molecule has 1 aromatic rings. The number of fused-ring (bicyclic) bond motifs is 1. The number of ether oxygens (including phenoxy) is 3. The van der Waals surface area contributed by atoms with Crippen LogP contribution in [-0.2, 0) is 6.42 Å². The number of benzene rings is 1. The van der Waals surface area contributed by atoms with Crippen LogP contribution in [0.1, 0.15) is 17.5 Å². The van der Waals surface area contributed by atoms with Crippen LogP contribution in [0.15, 0.2) is 12.1 Å². The molecule has 1 aromatic carbocycles. The van der Waals surface area contributed by atoms with Crippen molar-refractivity contribution in [1.82, 2.24) is 0 Å². The molecule has 0 spiro atoms. The lowest BCUT2D eigenvalue weighted by atomic mass is 10.0. The summed E-state index contributed by atoms with van der Waals surface area (Å²) in [5.74, 6) is 2.09. The molecule has 0 saturated carbocycles. The first-order chi connectivity index (χ1) is 8.76. The molecule has 0 atom stereocenters. The van der Waals surface area contributed by atoms with Crippen molar-refractivity contribution in [1.29, 1.82) is 0 Å². The summed E-state index contributed by atoms with van der Waals surface area (Å²) in [6.45, 7) is 0.534. The van der Waals surface area contributed by atoms with E-state index >= 15 is 0 Å². The molecule has 98 valence electrons. The van der Waals surface area contributed by atoms with Crippen LogP contribution < -0.4 is 19.9 Å². The lowest BCUT2D eigenvalue weighted by Crippen LogP contribution is -2.00. The minimum absolute atomic E-state index is 0.534. The Balaban J connectivity index is 2.66. The van der Waals surface area contributed by atoms with E-state index in [-0.39, 0.29) is 0 Å². The van der Waals surface area contributed by atoms with Gasteiger partial charge in [-0.3, -0.25) is 0 Å². The van der Waals surface area contributed by atoms with Gasteiger partial charge in [-0.1, -0.05) is 6.08 Å². The summed E-state index contributed by atoms with van der Waals surface area (Å²) in [6.07, 6.45) is 4.01. The number of hydrogen-bond acceptors (Lipinski definition) is 4. The van der Waals surface area contributed by atoms with Gasteiger partial charge in [-0.25, -0.2) is 0 Å². The molecule has 1 aliphatic carbocycles. The van der Waals surface area contributed by atoms with Crippen molar-refractivity contribution in [2.24, 2.45) is 5.73 Å². The zero-order valence-electron chi connectivity index (χ0n) is 11.1. The molecule has 2 rings (SSSR count). The van der Waals surface area contributed by atoms with Gasteiger partial charge in [0, 0.05) is 12.1 Å². The maximum Gasteiger partial charge on any atom is 0.203 e. The molecule has 0 fully saturated rings. The largest absolute Gasteiger partial charge is 0.493 e. The molecule has 4 nitrogen and oxygen atoms in total. The van der Waals surface area contributed by atoms with Gasteiger partial charge in [0.25, 0.3) is 0 Å². The standard InChI is InChI=1S/C14H19NO3/c1-16-11-8-10-5-4-9(6-7-15)12(10)14(18-3)13(11)17-2/h6,8H,4-5,7,15H2,1-3H3/b9-6-. The Labute approximate surface area is 107 Å². The first-order valence-electron chi connectivity index (χ1n) is 5.98. The molecule has 0 bridgehead atoms. The van der Waals surface area contributed by atoms with E-state index < -0.39 is 0 Å². The van der Waals surface area contributed by atoms with Crippen LogP contribution in [0.25, 0.3) is 5.57 Å². The molecule has 0 saturated heterocycles. The van der Waals surface area contributed by atoms with E-state index in [1.54, 1.807) is 21.3 Å². The molecule has 0 aromatic heterocycles. The molecular formula is C14H19NO3. The third-order valence-electron chi connectivity index (χ3n) is 3.26. The molecule has 0 unspecified atom stereocenters. The average Bonchev–Trinajstić information content (AvgIpc) is 2.79. The highest BCUT2D eigenvalue weighted by molar-refractivity contribution is 5.81. The van der Waals surface area contributed by atoms with Gasteiger partial charge in [0.2, 0.25) is 5.75 Å². The molecule has 0 radical (unpaired) electrons. The van der Waals surface area contributed by atoms with E-state index in [1.807, 2.05) is 12.1 Å². The molecule has 2 N–H and O–H groups in total. The Morgan fingerprint density at radius 1 is 1.11 bits per heavy atom. The minimum atomic E-state index is 0.534. The first-order valence-corrected chi connectivity index (χ1v) is 5.98. The highest BCUT2D eigenvalue weighted by Crippen LogP contribution is 2.48. The fourth-order valence-corrected chi connectivity index (χ4v) is 2.50. The Bertz CT molecular complexity index is 480. The molecule has 4 heteroatoms. The summed E-state index contributed by atoms with van der Waals surface area (Å²) in [6, 6.07) is 2.02. The zero-order chi connectivity index (χ0) is 13.1. The van der Waals surface area contributed by atoms with Crippen LogP contribution in [0.4, 0.5) is 0 Å². The van der Waals surface area contributed by atoms with Gasteiger partial charge < -0.3 is 19.9 Å². The van der Waals surface area contributed by atoms with Crippen LogP contribution in [0.3, 0.4) is 0 Å². The van der Waals surface area contributed by atoms with E-state index in [0.717, 1.165) is 24.2 Å². The second-order valence-electron chi connectivity index (χ2n) is 4.14. The number of hydrogen-bond donors (Lipinski definition) is 1. The summed E-state index contributed by atoms with van der Waals surface area (Å²) in [4.78, 5) is 0. The highest BCUT2D eigenvalue weighted by Gasteiger charge is 2.26. The van der Waals surface area contributed by atoms with Gasteiger partial charge in [-0.05, 0) is 30.0 Å². The van der Waals surface area contributed by atoms with E-state index in [4.69, 9.17) is 19.9 Å². The molecule has 0 amide bonds. The first kappa shape index (κ1) is 12.8. The number of aryl methyl sites for hydroxylation is 1. The van der Waals surface area contributed by atoms with Gasteiger partial charge in [0.1, 0.15) is 0 Å². The van der Waals surface area contributed by atoms with Gasteiger partial charge in [-0.15, -0.1) is 0 Å². The van der Waals surface area contributed by atoms with Crippen molar-refractivity contribution >= 4 is 5.57 Å². The number of allylic oxidation sites excluding steroid dienone is 1. The molecule has 0 aliphatic heterocycles. The van der Waals surface area contributed by atoms with E-state index in [1.165, 1.54) is 11.1 Å². The molecule has 0 heterocycles. The smallest absolute Gasteiger partial charge is 0.203 e. The Morgan fingerprint density at radius 2 is 1.83 bits per heavy atom. The summed E-state index contributed by atoms with van der Waals surface area (Å²) in [7, 11) is 4.90. The SMILES string of the molecule is COc1cc2c(c(OC)c1OC)/C(=C\CN)CC2. The third kappa shape index (κ3) is 1.93. The second kappa shape index (κ2) is 5.31. The predicted octanol–water partition coefficient (Wildman–Crippen LogP) is 2.00. The number of methoxy groups -OCH3 is 3. The predicted molar refractivity (Wildman–Crippen MR) is 71.5 cm³/mol. The zero-order valence-corrected chi connectivity index (χ0v) is 11.1. The van der Waals surface area contributed by atoms with Gasteiger partial charge in [-0.2, -0.15) is 0 Å². The Morgan fingerprint density at radius 3 is 2.39 bits per heavy atom. The number of rotatable bonds is 4. The average molecular weight is 249 g/mol.